The molecule has 3 nitrogen and oxygen atoms in total. The molecule has 3 atom stereocenters. The van der Waals surface area contributed by atoms with Gasteiger partial charge in [-0.3, -0.25) is 0 Å². The Kier molecular flexibility index (Phi) is 6.33. The maximum absolute atomic E-state index is 13.4. The molecule has 0 amide bonds. The summed E-state index contributed by atoms with van der Waals surface area (Å²) in [6, 6.07) is 18.7. The van der Waals surface area contributed by atoms with E-state index in [4.69, 9.17) is 5.73 Å². The fourth-order valence-electron chi connectivity index (χ4n) is 4.91. The van der Waals surface area contributed by atoms with Crippen LogP contribution in [0.3, 0.4) is 0 Å². The maximum Gasteiger partial charge on any atom is 0.123 e. The smallest absolute Gasteiger partial charge is 0.123 e. The Bertz CT molecular complexity index is 766. The molecule has 0 radical (unpaired) electrons. The summed E-state index contributed by atoms with van der Waals surface area (Å²) in [6.45, 7) is 6.27. The Morgan fingerprint density at radius 3 is 2.45 bits per heavy atom. The zero-order valence-corrected chi connectivity index (χ0v) is 17.5. The van der Waals surface area contributed by atoms with E-state index in [1.807, 2.05) is 12.1 Å². The van der Waals surface area contributed by atoms with Crippen molar-refractivity contribution in [2.75, 3.05) is 26.2 Å². The fraction of sp³-hybridized carbons (Fsp3) is 0.520. The zero-order valence-electron chi connectivity index (χ0n) is 17.5. The van der Waals surface area contributed by atoms with Gasteiger partial charge in [0.2, 0.25) is 0 Å². The van der Waals surface area contributed by atoms with Gasteiger partial charge in [0, 0.05) is 31.1 Å². The highest BCUT2D eigenvalue weighted by molar-refractivity contribution is 5.28. The van der Waals surface area contributed by atoms with Gasteiger partial charge in [-0.25, -0.2) is 4.39 Å². The van der Waals surface area contributed by atoms with Crippen molar-refractivity contribution in [3.8, 4) is 0 Å². The Hall–Kier alpha value is -1.75. The van der Waals surface area contributed by atoms with Crippen molar-refractivity contribution in [3.63, 3.8) is 0 Å². The topological polar surface area (TPSA) is 41.3 Å². The number of hydrogen-bond acceptors (Lipinski definition) is 3. The second-order valence-corrected chi connectivity index (χ2v) is 9.32. The lowest BCUT2D eigenvalue weighted by atomic mass is 9.73. The lowest BCUT2D eigenvalue weighted by Crippen LogP contribution is -2.49. The van der Waals surface area contributed by atoms with Crippen LogP contribution in [0.5, 0.6) is 0 Å². The van der Waals surface area contributed by atoms with Crippen LogP contribution < -0.4 is 11.1 Å². The van der Waals surface area contributed by atoms with E-state index in [9.17, 15) is 4.39 Å². The SMILES string of the molecule is C[C@@H](N)CN1CCC(CN[C@@H]2CC2c2ccccc2)(Cc2ccc(F)cc2)CC1. The van der Waals surface area contributed by atoms with Gasteiger partial charge in [0.05, 0.1) is 0 Å². The monoisotopic (exact) mass is 395 g/mol. The van der Waals surface area contributed by atoms with E-state index in [1.54, 1.807) is 12.1 Å². The maximum atomic E-state index is 13.4. The second kappa shape index (κ2) is 8.95. The molecular formula is C25H34FN3. The third-order valence-electron chi connectivity index (χ3n) is 6.71. The fourth-order valence-corrected chi connectivity index (χ4v) is 4.91. The molecule has 1 heterocycles. The molecule has 0 aromatic heterocycles. The van der Waals surface area contributed by atoms with Crippen LogP contribution in [0.2, 0.25) is 0 Å². The minimum absolute atomic E-state index is 0.156. The van der Waals surface area contributed by atoms with Crippen molar-refractivity contribution in [3.05, 3.63) is 71.5 Å². The first-order valence-corrected chi connectivity index (χ1v) is 11.0. The average Bonchev–Trinajstić information content (AvgIpc) is 3.50. The molecule has 4 heteroatoms. The number of nitrogens with zero attached hydrogens (tertiary/aromatic N) is 1. The molecule has 1 aliphatic carbocycles. The van der Waals surface area contributed by atoms with Crippen molar-refractivity contribution in [1.29, 1.82) is 0 Å². The van der Waals surface area contributed by atoms with Crippen molar-refractivity contribution >= 4 is 0 Å². The van der Waals surface area contributed by atoms with Crippen LogP contribution in [0.25, 0.3) is 0 Å². The highest BCUT2D eigenvalue weighted by Gasteiger charge is 2.41. The van der Waals surface area contributed by atoms with Gasteiger partial charge in [0.1, 0.15) is 5.82 Å². The van der Waals surface area contributed by atoms with Gasteiger partial charge < -0.3 is 16.0 Å². The molecule has 2 aliphatic rings. The van der Waals surface area contributed by atoms with Gasteiger partial charge in [0.15, 0.2) is 0 Å². The van der Waals surface area contributed by atoms with E-state index >= 15 is 0 Å². The molecule has 0 spiro atoms. The van der Waals surface area contributed by atoms with Crippen molar-refractivity contribution in [2.24, 2.45) is 11.1 Å². The second-order valence-electron chi connectivity index (χ2n) is 9.32. The first kappa shape index (κ1) is 20.5. The Labute approximate surface area is 174 Å². The van der Waals surface area contributed by atoms with E-state index in [2.05, 4.69) is 47.5 Å². The number of hydrogen-bond donors (Lipinski definition) is 2. The highest BCUT2D eigenvalue weighted by Crippen LogP contribution is 2.42. The summed E-state index contributed by atoms with van der Waals surface area (Å²) in [6.07, 6.45) is 4.56. The predicted octanol–water partition coefficient (Wildman–Crippen LogP) is 3.94. The van der Waals surface area contributed by atoms with Crippen LogP contribution in [-0.2, 0) is 6.42 Å². The standard InChI is InChI=1S/C25H34FN3/c1-19(27)17-29-13-11-25(12-14-29,16-20-7-9-22(26)10-8-20)18-28-24-15-23(24)21-5-3-2-4-6-21/h2-10,19,23-24,28H,11-18,27H2,1H3/t19-,23?,24-/m1/s1. The van der Waals surface area contributed by atoms with Gasteiger partial charge >= 0.3 is 0 Å². The lowest BCUT2D eigenvalue weighted by molar-refractivity contribution is 0.0978. The molecule has 2 aromatic rings. The van der Waals surface area contributed by atoms with Crippen molar-refractivity contribution in [2.45, 2.75) is 50.6 Å². The first-order valence-electron chi connectivity index (χ1n) is 11.0. The molecule has 29 heavy (non-hydrogen) atoms. The Balaban J connectivity index is 1.39. The summed E-state index contributed by atoms with van der Waals surface area (Å²) in [7, 11) is 0. The number of halogens is 1. The summed E-state index contributed by atoms with van der Waals surface area (Å²) in [5, 5.41) is 3.89. The third kappa shape index (κ3) is 5.44. The quantitative estimate of drug-likeness (QED) is 0.711. The van der Waals surface area contributed by atoms with Gasteiger partial charge in [-0.1, -0.05) is 42.5 Å². The van der Waals surface area contributed by atoms with Crippen LogP contribution >= 0.6 is 0 Å². The summed E-state index contributed by atoms with van der Waals surface area (Å²) < 4.78 is 13.4. The van der Waals surface area contributed by atoms with Gasteiger partial charge in [-0.2, -0.15) is 0 Å². The average molecular weight is 396 g/mol. The molecule has 2 aromatic carbocycles. The van der Waals surface area contributed by atoms with E-state index in [0.717, 1.165) is 45.4 Å². The molecule has 1 unspecified atom stereocenters. The Morgan fingerprint density at radius 1 is 1.10 bits per heavy atom. The van der Waals surface area contributed by atoms with E-state index in [0.29, 0.717) is 12.0 Å². The van der Waals surface area contributed by atoms with Crippen LogP contribution in [0.15, 0.2) is 54.6 Å². The number of nitrogens with one attached hydrogen (secondary N) is 1. The highest BCUT2D eigenvalue weighted by atomic mass is 19.1. The van der Waals surface area contributed by atoms with E-state index in [1.165, 1.54) is 17.5 Å². The van der Waals surface area contributed by atoms with Crippen LogP contribution in [0.1, 0.15) is 43.2 Å². The van der Waals surface area contributed by atoms with Gasteiger partial charge in [0.25, 0.3) is 0 Å². The molecule has 1 saturated heterocycles. The minimum atomic E-state index is -0.156. The summed E-state index contributed by atoms with van der Waals surface area (Å²) in [5.41, 5.74) is 8.94. The molecule has 156 valence electrons. The third-order valence-corrected chi connectivity index (χ3v) is 6.71. The van der Waals surface area contributed by atoms with Gasteiger partial charge in [-0.05, 0) is 74.4 Å². The van der Waals surface area contributed by atoms with Gasteiger partial charge in [-0.15, -0.1) is 0 Å². The van der Waals surface area contributed by atoms with Crippen molar-refractivity contribution in [1.82, 2.24) is 10.2 Å². The molecule has 1 aliphatic heterocycles. The van der Waals surface area contributed by atoms with Crippen molar-refractivity contribution < 1.29 is 4.39 Å². The van der Waals surface area contributed by atoms with E-state index < -0.39 is 0 Å². The molecule has 1 saturated carbocycles. The number of likely N-dealkylation sites (tertiary alicyclic amines) is 1. The normalized spacial score (nSPS) is 24.9. The predicted molar refractivity (Wildman–Crippen MR) is 117 cm³/mol. The summed E-state index contributed by atoms with van der Waals surface area (Å²) in [4.78, 5) is 2.50. The number of nitrogens with two attached hydrogens (primary N) is 1. The van der Waals surface area contributed by atoms with E-state index in [-0.39, 0.29) is 17.3 Å². The molecule has 0 bridgehead atoms. The number of benzene rings is 2. The molecule has 3 N–H and O–H groups in total. The van der Waals surface area contributed by atoms with Crippen LogP contribution in [0.4, 0.5) is 4.39 Å². The number of piperidine rings is 1. The summed E-state index contributed by atoms with van der Waals surface area (Å²) >= 11 is 0. The molecule has 4 rings (SSSR count). The summed E-state index contributed by atoms with van der Waals surface area (Å²) in [5.74, 6) is 0.494. The van der Waals surface area contributed by atoms with Crippen LogP contribution in [0, 0.1) is 11.2 Å². The zero-order chi connectivity index (χ0) is 20.3. The number of rotatable bonds is 8. The van der Waals surface area contributed by atoms with Crippen LogP contribution in [-0.4, -0.2) is 43.2 Å². The Morgan fingerprint density at radius 2 is 1.79 bits per heavy atom. The molecular weight excluding hydrogens is 361 g/mol. The lowest BCUT2D eigenvalue weighted by Gasteiger charge is -2.43. The first-order chi connectivity index (χ1) is 14.0. The largest absolute Gasteiger partial charge is 0.327 e. The molecule has 2 fully saturated rings. The minimum Gasteiger partial charge on any atom is -0.327 e.